The van der Waals surface area contributed by atoms with Gasteiger partial charge in [-0.3, -0.25) is 9.59 Å². The quantitative estimate of drug-likeness (QED) is 0.144. The standard InChI is InChI=1S/C25H31N3O7.C6H5Cl2N/c1-18(23(30)31)27-22(29)21(14-8-9-15-26)28(24(32)34-16-19-10-4-2-5-11-19)25(33)35-17-20-12-6-3-7-13-20;7-5-2-1-4(9)3-6(5)8/h2-7,10-13,18,21H,8-9,14-17,26H2,1H3,(H,27,29)(H,30,31);1-3H,9H2. The molecule has 0 fully saturated rings. The lowest BCUT2D eigenvalue weighted by Gasteiger charge is -2.28. The summed E-state index contributed by atoms with van der Waals surface area (Å²) in [5.74, 6) is -2.07. The van der Waals surface area contributed by atoms with Crippen molar-refractivity contribution < 1.29 is 33.8 Å². The van der Waals surface area contributed by atoms with Gasteiger partial charge in [-0.1, -0.05) is 83.9 Å². The smallest absolute Gasteiger partial charge is 0.420 e. The molecule has 0 aromatic heterocycles. The van der Waals surface area contributed by atoms with E-state index in [0.717, 1.165) is 0 Å². The topological polar surface area (TPSA) is 174 Å². The van der Waals surface area contributed by atoms with Crippen molar-refractivity contribution in [3.8, 4) is 0 Å². The molecular formula is C31H36Cl2N4O7. The first kappa shape index (κ1) is 35.9. The highest BCUT2D eigenvalue weighted by atomic mass is 35.5. The highest BCUT2D eigenvalue weighted by molar-refractivity contribution is 6.42. The van der Waals surface area contributed by atoms with E-state index in [9.17, 15) is 24.3 Å². The Hall–Kier alpha value is -4.32. The highest BCUT2D eigenvalue weighted by Gasteiger charge is 2.38. The Morgan fingerprint density at radius 3 is 1.80 bits per heavy atom. The number of unbranched alkanes of at least 4 members (excludes halogenated alkanes) is 1. The summed E-state index contributed by atoms with van der Waals surface area (Å²) in [5, 5.41) is 12.5. The van der Waals surface area contributed by atoms with Crippen LogP contribution in [0.4, 0.5) is 15.3 Å². The number of anilines is 1. The first-order chi connectivity index (χ1) is 21.0. The van der Waals surface area contributed by atoms with Crippen LogP contribution in [0.15, 0.2) is 78.9 Å². The second-order valence-corrected chi connectivity index (χ2v) is 10.3. The highest BCUT2D eigenvalue weighted by Crippen LogP contribution is 2.23. The molecule has 44 heavy (non-hydrogen) atoms. The van der Waals surface area contributed by atoms with E-state index in [-0.39, 0.29) is 19.6 Å². The lowest BCUT2D eigenvalue weighted by Crippen LogP contribution is -2.55. The van der Waals surface area contributed by atoms with Crippen molar-refractivity contribution in [3.63, 3.8) is 0 Å². The van der Waals surface area contributed by atoms with Crippen molar-refractivity contribution in [3.05, 3.63) is 100 Å². The average molecular weight is 648 g/mol. The number of amides is 3. The zero-order valence-electron chi connectivity index (χ0n) is 24.2. The van der Waals surface area contributed by atoms with Gasteiger partial charge in [-0.05, 0) is 62.1 Å². The fraction of sp³-hybridized carbons (Fsp3) is 0.290. The van der Waals surface area contributed by atoms with Crippen LogP contribution in [-0.2, 0) is 32.3 Å². The van der Waals surface area contributed by atoms with Crippen LogP contribution in [0, 0.1) is 0 Å². The number of carboxylic acids is 1. The average Bonchev–Trinajstić information content (AvgIpc) is 3.01. The molecule has 6 N–H and O–H groups in total. The summed E-state index contributed by atoms with van der Waals surface area (Å²) >= 11 is 11.2. The largest absolute Gasteiger partial charge is 0.480 e. The molecule has 0 aliphatic heterocycles. The minimum Gasteiger partial charge on any atom is -0.480 e. The van der Waals surface area contributed by atoms with Crippen LogP contribution in [0.3, 0.4) is 0 Å². The summed E-state index contributed by atoms with van der Waals surface area (Å²) in [6.07, 6.45) is -1.17. The Morgan fingerprint density at radius 2 is 1.36 bits per heavy atom. The molecule has 3 aromatic rings. The molecule has 3 amide bonds. The summed E-state index contributed by atoms with van der Waals surface area (Å²) in [7, 11) is 0. The number of carbonyl (C=O) groups is 4. The van der Waals surface area contributed by atoms with Crippen molar-refractivity contribution in [2.24, 2.45) is 5.73 Å². The van der Waals surface area contributed by atoms with Gasteiger partial charge < -0.3 is 31.4 Å². The number of nitrogens with two attached hydrogens (primary N) is 2. The van der Waals surface area contributed by atoms with E-state index >= 15 is 0 Å². The fourth-order valence-corrected chi connectivity index (χ4v) is 3.96. The molecule has 236 valence electrons. The lowest BCUT2D eigenvalue weighted by atomic mass is 10.1. The first-order valence-electron chi connectivity index (χ1n) is 13.7. The molecule has 0 aliphatic rings. The van der Waals surface area contributed by atoms with Crippen LogP contribution in [0.25, 0.3) is 0 Å². The second-order valence-electron chi connectivity index (χ2n) is 9.49. The van der Waals surface area contributed by atoms with Crippen molar-refractivity contribution >= 4 is 53.0 Å². The number of nitrogen functional groups attached to an aromatic ring is 1. The Balaban J connectivity index is 0.000000639. The van der Waals surface area contributed by atoms with Crippen LogP contribution in [0.2, 0.25) is 10.0 Å². The molecule has 0 radical (unpaired) electrons. The van der Waals surface area contributed by atoms with Gasteiger partial charge in [0.1, 0.15) is 25.3 Å². The first-order valence-corrected chi connectivity index (χ1v) is 14.4. The van der Waals surface area contributed by atoms with Crippen LogP contribution >= 0.6 is 23.2 Å². The SMILES string of the molecule is CC(NC(=O)C(CCCCN)N(C(=O)OCc1ccccc1)C(=O)OCc1ccccc1)C(=O)O.Nc1ccc(Cl)c(Cl)c1. The predicted octanol–water partition coefficient (Wildman–Crippen LogP) is 5.62. The van der Waals surface area contributed by atoms with Crippen molar-refractivity contribution in [2.75, 3.05) is 12.3 Å². The number of hydrogen-bond acceptors (Lipinski definition) is 8. The van der Waals surface area contributed by atoms with Gasteiger partial charge in [-0.15, -0.1) is 0 Å². The zero-order valence-corrected chi connectivity index (χ0v) is 25.7. The van der Waals surface area contributed by atoms with Crippen molar-refractivity contribution in [1.29, 1.82) is 0 Å². The number of benzene rings is 3. The molecule has 2 atom stereocenters. The summed E-state index contributed by atoms with van der Waals surface area (Å²) in [6, 6.07) is 20.1. The fourth-order valence-electron chi connectivity index (χ4n) is 3.65. The zero-order chi connectivity index (χ0) is 32.5. The van der Waals surface area contributed by atoms with E-state index < -0.39 is 36.1 Å². The summed E-state index contributed by atoms with van der Waals surface area (Å²) in [6.45, 7) is 1.36. The van der Waals surface area contributed by atoms with E-state index in [2.05, 4.69) is 5.32 Å². The third-order valence-electron chi connectivity index (χ3n) is 6.02. The molecule has 0 aliphatic carbocycles. The molecule has 11 nitrogen and oxygen atoms in total. The van der Waals surface area contributed by atoms with E-state index in [0.29, 0.717) is 51.1 Å². The number of carboxylic acid groups (broad SMARTS) is 1. The summed E-state index contributed by atoms with van der Waals surface area (Å²) in [5.41, 5.74) is 12.9. The molecule has 2 unspecified atom stereocenters. The minimum atomic E-state index is -1.35. The number of nitrogens with zero attached hydrogens (tertiary/aromatic N) is 1. The molecule has 0 bridgehead atoms. The van der Waals surface area contributed by atoms with Gasteiger partial charge in [0.05, 0.1) is 10.0 Å². The third-order valence-corrected chi connectivity index (χ3v) is 6.76. The van der Waals surface area contributed by atoms with Gasteiger partial charge in [0.25, 0.3) is 0 Å². The summed E-state index contributed by atoms with van der Waals surface area (Å²) in [4.78, 5) is 50.9. The number of hydrogen-bond donors (Lipinski definition) is 4. The van der Waals surface area contributed by atoms with Gasteiger partial charge >= 0.3 is 18.2 Å². The number of halogens is 2. The molecule has 13 heteroatoms. The second kappa shape index (κ2) is 19.1. The van der Waals surface area contributed by atoms with Gasteiger partial charge in [0.15, 0.2) is 0 Å². The molecule has 3 aromatic carbocycles. The van der Waals surface area contributed by atoms with E-state index in [4.69, 9.17) is 44.1 Å². The van der Waals surface area contributed by atoms with Gasteiger partial charge in [0, 0.05) is 5.69 Å². The molecule has 0 saturated heterocycles. The third kappa shape index (κ3) is 12.5. The van der Waals surface area contributed by atoms with E-state index in [1.165, 1.54) is 6.92 Å². The Bertz CT molecular complexity index is 1310. The van der Waals surface area contributed by atoms with E-state index in [1.807, 2.05) is 0 Å². The van der Waals surface area contributed by atoms with Gasteiger partial charge in [-0.2, -0.15) is 4.90 Å². The van der Waals surface area contributed by atoms with Crippen molar-refractivity contribution in [1.82, 2.24) is 10.2 Å². The number of imide groups is 1. The molecule has 3 rings (SSSR count). The maximum absolute atomic E-state index is 13.0. The Kier molecular flexibility index (Phi) is 15.5. The number of rotatable bonds is 12. The van der Waals surface area contributed by atoms with Crippen LogP contribution in [0.5, 0.6) is 0 Å². The maximum atomic E-state index is 13.0. The van der Waals surface area contributed by atoms with Crippen LogP contribution < -0.4 is 16.8 Å². The molecule has 0 spiro atoms. The lowest BCUT2D eigenvalue weighted by molar-refractivity contribution is -0.142. The number of carbonyl (C=O) groups excluding carboxylic acids is 3. The number of ether oxygens (including phenoxy) is 2. The predicted molar refractivity (Wildman–Crippen MR) is 168 cm³/mol. The normalized spacial score (nSPS) is 11.6. The maximum Gasteiger partial charge on any atom is 0.420 e. The van der Waals surface area contributed by atoms with Crippen LogP contribution in [0.1, 0.15) is 37.3 Å². The number of nitrogens with one attached hydrogen (secondary N) is 1. The summed E-state index contributed by atoms with van der Waals surface area (Å²) < 4.78 is 10.6. The monoisotopic (exact) mass is 646 g/mol. The molecule has 0 saturated carbocycles. The molecule has 0 heterocycles. The van der Waals surface area contributed by atoms with Gasteiger partial charge in [-0.25, -0.2) is 9.59 Å². The van der Waals surface area contributed by atoms with E-state index in [1.54, 1.807) is 78.9 Å². The van der Waals surface area contributed by atoms with Crippen molar-refractivity contribution in [2.45, 2.75) is 51.5 Å². The van der Waals surface area contributed by atoms with Gasteiger partial charge in [0.2, 0.25) is 5.91 Å². The number of aliphatic carboxylic acids is 1. The minimum absolute atomic E-state index is 0.0518. The Morgan fingerprint density at radius 1 is 0.841 bits per heavy atom. The van der Waals surface area contributed by atoms with Crippen LogP contribution in [-0.4, -0.2) is 52.7 Å². The Labute approximate surface area is 266 Å². The molecular weight excluding hydrogens is 611 g/mol.